The maximum Gasteiger partial charge on any atom is 0.224 e. The summed E-state index contributed by atoms with van der Waals surface area (Å²) in [5.41, 5.74) is 9.54. The van der Waals surface area contributed by atoms with Crippen molar-refractivity contribution in [1.82, 2.24) is 0 Å². The molecule has 0 saturated heterocycles. The topological polar surface area (TPSA) is 67.1 Å². The van der Waals surface area contributed by atoms with Gasteiger partial charge in [-0.05, 0) is 58.2 Å². The highest BCUT2D eigenvalue weighted by atomic mass is 79.9. The number of fused-ring (bicyclic) bond motifs is 1. The number of nitrogens with two attached hydrogens (primary N) is 1. The van der Waals surface area contributed by atoms with Gasteiger partial charge < -0.3 is 16.4 Å². The predicted octanol–water partition coefficient (Wildman–Crippen LogP) is 3.80. The number of anilines is 4. The van der Waals surface area contributed by atoms with Crippen LogP contribution < -0.4 is 16.4 Å². The Morgan fingerprint density at radius 3 is 2.81 bits per heavy atom. The molecule has 1 amide bonds. The van der Waals surface area contributed by atoms with E-state index in [0.717, 1.165) is 15.7 Å². The molecule has 21 heavy (non-hydrogen) atoms. The third kappa shape index (κ3) is 2.85. The number of nitrogen functional groups attached to an aromatic ring is 1. The molecule has 2 aromatic rings. The van der Waals surface area contributed by atoms with Gasteiger partial charge in [-0.15, -0.1) is 0 Å². The van der Waals surface area contributed by atoms with Gasteiger partial charge in [0.1, 0.15) is 5.82 Å². The van der Waals surface area contributed by atoms with Crippen molar-refractivity contribution in [3.8, 4) is 0 Å². The lowest BCUT2D eigenvalue weighted by atomic mass is 10.0. The number of carbonyl (C=O) groups is 1. The fourth-order valence-corrected chi connectivity index (χ4v) is 2.64. The molecular formula is C15H13BrFN3O. The van der Waals surface area contributed by atoms with E-state index in [-0.39, 0.29) is 11.7 Å². The van der Waals surface area contributed by atoms with Crippen molar-refractivity contribution >= 4 is 44.6 Å². The SMILES string of the molecule is Nc1cc2c(cc1Nc1cc(F)ccc1Br)CCC(=O)N2. The summed E-state index contributed by atoms with van der Waals surface area (Å²) in [5.74, 6) is -0.333. The number of amides is 1. The summed E-state index contributed by atoms with van der Waals surface area (Å²) in [6.45, 7) is 0. The molecule has 6 heteroatoms. The number of nitrogens with one attached hydrogen (secondary N) is 2. The van der Waals surface area contributed by atoms with Crippen LogP contribution in [0.3, 0.4) is 0 Å². The van der Waals surface area contributed by atoms with Gasteiger partial charge in [0.2, 0.25) is 5.91 Å². The first-order valence-corrected chi connectivity index (χ1v) is 7.26. The standard InChI is InChI=1S/C15H13BrFN3O/c16-10-3-2-9(17)6-13(10)19-14-5-8-1-4-15(21)20-12(8)7-11(14)18/h2-3,5-7,19H,1,4,18H2,(H,20,21). The van der Waals surface area contributed by atoms with Crippen LogP contribution in [0.1, 0.15) is 12.0 Å². The monoisotopic (exact) mass is 349 g/mol. The fourth-order valence-electron chi connectivity index (χ4n) is 2.29. The van der Waals surface area contributed by atoms with Gasteiger partial charge in [-0.1, -0.05) is 0 Å². The van der Waals surface area contributed by atoms with Crippen molar-refractivity contribution in [3.05, 3.63) is 46.2 Å². The molecule has 0 unspecified atom stereocenters. The van der Waals surface area contributed by atoms with E-state index in [1.54, 1.807) is 12.1 Å². The number of aryl methyl sites for hydroxylation is 1. The molecule has 0 fully saturated rings. The second kappa shape index (κ2) is 5.37. The second-order valence-electron chi connectivity index (χ2n) is 4.89. The average Bonchev–Trinajstić information content (AvgIpc) is 2.44. The summed E-state index contributed by atoms with van der Waals surface area (Å²) in [5, 5.41) is 5.91. The Bertz CT molecular complexity index is 733. The van der Waals surface area contributed by atoms with Gasteiger partial charge in [0.15, 0.2) is 0 Å². The van der Waals surface area contributed by atoms with E-state index < -0.39 is 0 Å². The highest BCUT2D eigenvalue weighted by molar-refractivity contribution is 9.10. The minimum absolute atomic E-state index is 0.00418. The molecule has 4 N–H and O–H groups in total. The lowest BCUT2D eigenvalue weighted by Gasteiger charge is -2.20. The highest BCUT2D eigenvalue weighted by Gasteiger charge is 2.17. The molecule has 3 rings (SSSR count). The van der Waals surface area contributed by atoms with Crippen LogP contribution in [-0.4, -0.2) is 5.91 Å². The first-order chi connectivity index (χ1) is 10.0. The van der Waals surface area contributed by atoms with E-state index in [1.807, 2.05) is 6.07 Å². The highest BCUT2D eigenvalue weighted by Crippen LogP contribution is 2.34. The average molecular weight is 350 g/mol. The maximum absolute atomic E-state index is 13.3. The van der Waals surface area contributed by atoms with Crippen LogP contribution in [0.15, 0.2) is 34.8 Å². The van der Waals surface area contributed by atoms with E-state index >= 15 is 0 Å². The zero-order valence-electron chi connectivity index (χ0n) is 11.0. The molecule has 108 valence electrons. The molecule has 0 saturated carbocycles. The zero-order chi connectivity index (χ0) is 15.0. The summed E-state index contributed by atoms with van der Waals surface area (Å²) in [6.07, 6.45) is 1.13. The van der Waals surface area contributed by atoms with Crippen LogP contribution in [0.25, 0.3) is 0 Å². The molecule has 0 bridgehead atoms. The quantitative estimate of drug-likeness (QED) is 0.722. The number of hydrogen-bond acceptors (Lipinski definition) is 3. The molecule has 1 aliphatic heterocycles. The van der Waals surface area contributed by atoms with Crippen molar-refractivity contribution in [2.24, 2.45) is 0 Å². The van der Waals surface area contributed by atoms with E-state index in [2.05, 4.69) is 26.6 Å². The summed E-state index contributed by atoms with van der Waals surface area (Å²) in [4.78, 5) is 11.4. The van der Waals surface area contributed by atoms with Gasteiger partial charge in [0.05, 0.1) is 17.1 Å². The lowest BCUT2D eigenvalue weighted by Crippen LogP contribution is -2.19. The van der Waals surface area contributed by atoms with Crippen molar-refractivity contribution in [1.29, 1.82) is 0 Å². The van der Waals surface area contributed by atoms with Crippen molar-refractivity contribution in [2.75, 3.05) is 16.4 Å². The third-order valence-corrected chi connectivity index (χ3v) is 4.06. The van der Waals surface area contributed by atoms with Crippen LogP contribution in [0, 0.1) is 5.82 Å². The molecule has 1 heterocycles. The maximum atomic E-state index is 13.3. The van der Waals surface area contributed by atoms with Gasteiger partial charge in [0, 0.05) is 16.6 Å². The van der Waals surface area contributed by atoms with Gasteiger partial charge in [-0.3, -0.25) is 4.79 Å². The van der Waals surface area contributed by atoms with E-state index in [1.165, 1.54) is 12.1 Å². The van der Waals surface area contributed by atoms with Gasteiger partial charge in [0.25, 0.3) is 0 Å². The number of rotatable bonds is 2. The minimum Gasteiger partial charge on any atom is -0.397 e. The van der Waals surface area contributed by atoms with Crippen LogP contribution in [-0.2, 0) is 11.2 Å². The van der Waals surface area contributed by atoms with E-state index in [9.17, 15) is 9.18 Å². The largest absolute Gasteiger partial charge is 0.397 e. The molecule has 2 aromatic carbocycles. The van der Waals surface area contributed by atoms with Crippen molar-refractivity contribution < 1.29 is 9.18 Å². The second-order valence-corrected chi connectivity index (χ2v) is 5.75. The number of carbonyl (C=O) groups excluding carboxylic acids is 1. The molecule has 0 aromatic heterocycles. The van der Waals surface area contributed by atoms with E-state index in [0.29, 0.717) is 29.9 Å². The first-order valence-electron chi connectivity index (χ1n) is 6.47. The molecule has 0 aliphatic carbocycles. The minimum atomic E-state index is -0.329. The Morgan fingerprint density at radius 2 is 2.00 bits per heavy atom. The van der Waals surface area contributed by atoms with Gasteiger partial charge in [-0.25, -0.2) is 4.39 Å². The summed E-state index contributed by atoms with van der Waals surface area (Å²) >= 11 is 3.37. The van der Waals surface area contributed by atoms with Crippen LogP contribution in [0.5, 0.6) is 0 Å². The van der Waals surface area contributed by atoms with Crippen molar-refractivity contribution in [2.45, 2.75) is 12.8 Å². The third-order valence-electron chi connectivity index (χ3n) is 3.37. The smallest absolute Gasteiger partial charge is 0.224 e. The van der Waals surface area contributed by atoms with Crippen LogP contribution in [0.4, 0.5) is 27.1 Å². The fraction of sp³-hybridized carbons (Fsp3) is 0.133. The molecule has 0 atom stereocenters. The molecule has 0 radical (unpaired) electrons. The number of hydrogen-bond donors (Lipinski definition) is 3. The van der Waals surface area contributed by atoms with Crippen LogP contribution in [0.2, 0.25) is 0 Å². The summed E-state index contributed by atoms with van der Waals surface area (Å²) < 4.78 is 14.1. The van der Waals surface area contributed by atoms with E-state index in [4.69, 9.17) is 5.73 Å². The molecule has 4 nitrogen and oxygen atoms in total. The molecule has 0 spiro atoms. The lowest BCUT2D eigenvalue weighted by molar-refractivity contribution is -0.116. The van der Waals surface area contributed by atoms with Crippen molar-refractivity contribution in [3.63, 3.8) is 0 Å². The zero-order valence-corrected chi connectivity index (χ0v) is 12.6. The Morgan fingerprint density at radius 1 is 1.19 bits per heavy atom. The summed E-state index contributed by atoms with van der Waals surface area (Å²) in [6, 6.07) is 8.02. The van der Waals surface area contributed by atoms with Gasteiger partial charge >= 0.3 is 0 Å². The Labute approximate surface area is 129 Å². The Balaban J connectivity index is 1.96. The molecular weight excluding hydrogens is 337 g/mol. The Hall–Kier alpha value is -2.08. The number of halogens is 2. The van der Waals surface area contributed by atoms with Gasteiger partial charge in [-0.2, -0.15) is 0 Å². The number of benzene rings is 2. The first kappa shape index (κ1) is 13.9. The Kier molecular flexibility index (Phi) is 3.55. The predicted molar refractivity (Wildman–Crippen MR) is 85.2 cm³/mol. The summed E-state index contributed by atoms with van der Waals surface area (Å²) in [7, 11) is 0. The van der Waals surface area contributed by atoms with Crippen LogP contribution >= 0.6 is 15.9 Å². The molecule has 1 aliphatic rings. The normalized spacial score (nSPS) is 13.5.